The third kappa shape index (κ3) is 4.32. The molecule has 1 aromatic heterocycles. The number of hydrogen-bond acceptors (Lipinski definition) is 3. The molecule has 0 spiro atoms. The lowest BCUT2D eigenvalue weighted by Gasteiger charge is -2.30. The van der Waals surface area contributed by atoms with Crippen molar-refractivity contribution in [3.63, 3.8) is 0 Å². The highest BCUT2D eigenvalue weighted by molar-refractivity contribution is 5.77. The van der Waals surface area contributed by atoms with E-state index in [4.69, 9.17) is 4.74 Å². The predicted molar refractivity (Wildman–Crippen MR) is 106 cm³/mol. The summed E-state index contributed by atoms with van der Waals surface area (Å²) in [5, 5.41) is 3.27. The van der Waals surface area contributed by atoms with E-state index in [1.807, 2.05) is 19.1 Å². The second kappa shape index (κ2) is 8.12. The maximum atomic E-state index is 12.5. The zero-order valence-electron chi connectivity index (χ0n) is 16.0. The molecule has 1 fully saturated rings. The lowest BCUT2D eigenvalue weighted by atomic mass is 9.92. The summed E-state index contributed by atoms with van der Waals surface area (Å²) in [4.78, 5) is 16.8. The highest BCUT2D eigenvalue weighted by Crippen LogP contribution is 2.35. The van der Waals surface area contributed by atoms with Crippen molar-refractivity contribution in [2.45, 2.75) is 69.9 Å². The molecule has 4 rings (SSSR count). The second-order valence-electron chi connectivity index (χ2n) is 7.88. The number of benzene rings is 1. The number of fused-ring (bicyclic) bond motifs is 1. The molecule has 4 nitrogen and oxygen atoms in total. The number of aromatic nitrogens is 1. The van der Waals surface area contributed by atoms with Gasteiger partial charge in [-0.25, -0.2) is 0 Å². The number of hydrogen-bond donors (Lipinski definition) is 1. The number of nitrogens with zero attached hydrogens (tertiary/aromatic N) is 1. The number of carbonyl (C=O) groups excluding carboxylic acids is 1. The summed E-state index contributed by atoms with van der Waals surface area (Å²) >= 11 is 0. The minimum Gasteiger partial charge on any atom is -0.489 e. The molecule has 1 saturated carbocycles. The van der Waals surface area contributed by atoms with Crippen LogP contribution in [0.5, 0.6) is 5.75 Å². The lowest BCUT2D eigenvalue weighted by Crippen LogP contribution is -2.40. The monoisotopic (exact) mass is 364 g/mol. The van der Waals surface area contributed by atoms with Gasteiger partial charge < -0.3 is 10.1 Å². The van der Waals surface area contributed by atoms with Gasteiger partial charge in [-0.2, -0.15) is 0 Å². The van der Waals surface area contributed by atoms with E-state index in [0.717, 1.165) is 50.0 Å². The van der Waals surface area contributed by atoms with Gasteiger partial charge >= 0.3 is 0 Å². The molecule has 2 aliphatic carbocycles. The van der Waals surface area contributed by atoms with Gasteiger partial charge in [0.05, 0.1) is 11.8 Å². The van der Waals surface area contributed by atoms with Gasteiger partial charge in [-0.1, -0.05) is 24.3 Å². The summed E-state index contributed by atoms with van der Waals surface area (Å²) < 4.78 is 6.11. The van der Waals surface area contributed by atoms with Crippen molar-refractivity contribution < 1.29 is 9.53 Å². The summed E-state index contributed by atoms with van der Waals surface area (Å²) in [7, 11) is 0. The Hall–Kier alpha value is -2.36. The number of ether oxygens (including phenoxy) is 1. The van der Waals surface area contributed by atoms with Gasteiger partial charge in [-0.05, 0) is 74.6 Å². The number of amides is 1. The maximum Gasteiger partial charge on any atom is 0.220 e. The van der Waals surface area contributed by atoms with Crippen LogP contribution in [-0.2, 0) is 11.2 Å². The quantitative estimate of drug-likeness (QED) is 0.860. The van der Waals surface area contributed by atoms with E-state index < -0.39 is 0 Å². The van der Waals surface area contributed by atoms with Crippen LogP contribution in [0.25, 0.3) is 0 Å². The topological polar surface area (TPSA) is 51.2 Å². The van der Waals surface area contributed by atoms with Crippen LogP contribution in [0.15, 0.2) is 42.6 Å². The molecule has 1 atom stereocenters. The van der Waals surface area contributed by atoms with E-state index in [9.17, 15) is 4.79 Å². The lowest BCUT2D eigenvalue weighted by molar-refractivity contribution is -0.122. The SMILES string of the molecule is Cc1ncccc1OC1CCC(NC(=O)CC2CCc3ccccc32)CC1. The molecule has 4 heteroatoms. The number of nitrogens with one attached hydrogen (secondary N) is 1. The van der Waals surface area contributed by atoms with E-state index in [1.165, 1.54) is 11.1 Å². The Morgan fingerprint density at radius 3 is 2.74 bits per heavy atom. The largest absolute Gasteiger partial charge is 0.489 e. The molecule has 0 bridgehead atoms. The molecule has 2 aromatic rings. The molecule has 1 amide bonds. The van der Waals surface area contributed by atoms with Crippen molar-refractivity contribution in [1.82, 2.24) is 10.3 Å². The fourth-order valence-corrected chi connectivity index (χ4v) is 4.47. The average Bonchev–Trinajstić information content (AvgIpc) is 3.08. The van der Waals surface area contributed by atoms with Gasteiger partial charge in [0.1, 0.15) is 5.75 Å². The number of pyridine rings is 1. The Morgan fingerprint density at radius 1 is 1.11 bits per heavy atom. The van der Waals surface area contributed by atoms with Crippen LogP contribution in [0.2, 0.25) is 0 Å². The standard InChI is InChI=1S/C23H28N2O2/c1-16-22(7-4-14-24-16)27-20-12-10-19(11-13-20)25-23(26)15-18-9-8-17-5-2-3-6-21(17)18/h2-7,14,18-20H,8-13,15H2,1H3,(H,25,26). The van der Waals surface area contributed by atoms with Crippen LogP contribution in [0.4, 0.5) is 0 Å². The Labute approximate surface area is 161 Å². The van der Waals surface area contributed by atoms with Gasteiger partial charge in [0, 0.05) is 18.7 Å². The molecule has 0 aliphatic heterocycles. The van der Waals surface area contributed by atoms with Crippen molar-refractivity contribution in [2.75, 3.05) is 0 Å². The predicted octanol–water partition coefficient (Wildman–Crippen LogP) is 4.32. The first-order chi connectivity index (χ1) is 13.2. The molecule has 27 heavy (non-hydrogen) atoms. The maximum absolute atomic E-state index is 12.5. The summed E-state index contributed by atoms with van der Waals surface area (Å²) in [5.74, 6) is 1.46. The van der Waals surface area contributed by atoms with Crippen molar-refractivity contribution >= 4 is 5.91 Å². The molecular weight excluding hydrogens is 336 g/mol. The Bertz CT molecular complexity index is 796. The molecule has 1 unspecified atom stereocenters. The van der Waals surface area contributed by atoms with Crippen molar-refractivity contribution in [2.24, 2.45) is 0 Å². The van der Waals surface area contributed by atoms with Crippen molar-refractivity contribution in [3.8, 4) is 5.75 Å². The number of carbonyl (C=O) groups is 1. The fraction of sp³-hybridized carbons (Fsp3) is 0.478. The Kier molecular flexibility index (Phi) is 5.42. The van der Waals surface area contributed by atoms with Crippen LogP contribution in [-0.4, -0.2) is 23.0 Å². The van der Waals surface area contributed by atoms with E-state index in [-0.39, 0.29) is 18.1 Å². The minimum absolute atomic E-state index is 0.198. The Morgan fingerprint density at radius 2 is 1.93 bits per heavy atom. The third-order valence-electron chi connectivity index (χ3n) is 5.98. The normalized spacial score (nSPS) is 24.3. The molecule has 1 heterocycles. The van der Waals surface area contributed by atoms with E-state index >= 15 is 0 Å². The zero-order valence-corrected chi connectivity index (χ0v) is 16.0. The van der Waals surface area contributed by atoms with Crippen LogP contribution in [0.1, 0.15) is 61.3 Å². The first-order valence-electron chi connectivity index (χ1n) is 10.1. The summed E-state index contributed by atoms with van der Waals surface area (Å²) in [6.07, 6.45) is 8.75. The van der Waals surface area contributed by atoms with Crippen LogP contribution in [0.3, 0.4) is 0 Å². The summed E-state index contributed by atoms with van der Waals surface area (Å²) in [6, 6.07) is 12.7. The first-order valence-corrected chi connectivity index (χ1v) is 10.1. The highest BCUT2D eigenvalue weighted by Gasteiger charge is 2.27. The van der Waals surface area contributed by atoms with E-state index in [1.54, 1.807) is 6.20 Å². The molecule has 1 aromatic carbocycles. The minimum atomic E-state index is 0.198. The highest BCUT2D eigenvalue weighted by atomic mass is 16.5. The summed E-state index contributed by atoms with van der Waals surface area (Å²) in [5.41, 5.74) is 3.72. The van der Waals surface area contributed by atoms with Crippen LogP contribution >= 0.6 is 0 Å². The molecule has 142 valence electrons. The van der Waals surface area contributed by atoms with Gasteiger partial charge in [0.15, 0.2) is 0 Å². The van der Waals surface area contributed by atoms with Crippen LogP contribution in [0, 0.1) is 6.92 Å². The fourth-order valence-electron chi connectivity index (χ4n) is 4.47. The zero-order chi connectivity index (χ0) is 18.6. The molecular formula is C23H28N2O2. The first kappa shape index (κ1) is 18.0. The smallest absolute Gasteiger partial charge is 0.220 e. The number of aryl methyl sites for hydroxylation is 2. The van der Waals surface area contributed by atoms with Crippen LogP contribution < -0.4 is 10.1 Å². The van der Waals surface area contributed by atoms with E-state index in [2.05, 4.69) is 34.6 Å². The molecule has 0 saturated heterocycles. The van der Waals surface area contributed by atoms with Gasteiger partial charge in [-0.3, -0.25) is 9.78 Å². The third-order valence-corrected chi connectivity index (χ3v) is 5.98. The van der Waals surface area contributed by atoms with Crippen molar-refractivity contribution in [3.05, 3.63) is 59.4 Å². The Balaban J connectivity index is 1.24. The molecule has 0 radical (unpaired) electrons. The summed E-state index contributed by atoms with van der Waals surface area (Å²) in [6.45, 7) is 1.97. The molecule has 1 N–H and O–H groups in total. The van der Waals surface area contributed by atoms with E-state index in [0.29, 0.717) is 12.3 Å². The van der Waals surface area contributed by atoms with Crippen molar-refractivity contribution in [1.29, 1.82) is 0 Å². The number of rotatable bonds is 5. The van der Waals surface area contributed by atoms with Gasteiger partial charge in [0.2, 0.25) is 5.91 Å². The van der Waals surface area contributed by atoms with Gasteiger partial charge in [-0.15, -0.1) is 0 Å². The second-order valence-corrected chi connectivity index (χ2v) is 7.88. The molecule has 2 aliphatic rings. The van der Waals surface area contributed by atoms with Gasteiger partial charge in [0.25, 0.3) is 0 Å². The average molecular weight is 364 g/mol.